The van der Waals surface area contributed by atoms with Crippen LogP contribution in [-0.4, -0.2) is 34.0 Å². The second-order valence-electron chi connectivity index (χ2n) is 6.07. The van der Waals surface area contributed by atoms with E-state index in [2.05, 4.69) is 0 Å². The summed E-state index contributed by atoms with van der Waals surface area (Å²) in [4.78, 5) is 25.6. The van der Waals surface area contributed by atoms with E-state index >= 15 is 0 Å². The summed E-state index contributed by atoms with van der Waals surface area (Å²) in [6, 6.07) is 5.14. The van der Waals surface area contributed by atoms with E-state index in [0.717, 1.165) is 19.3 Å². The number of rotatable bonds is 4. The maximum atomic E-state index is 12.7. The topological polar surface area (TPSA) is 57.6 Å². The van der Waals surface area contributed by atoms with Gasteiger partial charge in [0.2, 0.25) is 5.91 Å². The van der Waals surface area contributed by atoms with Crippen LogP contribution in [0, 0.1) is 5.92 Å². The van der Waals surface area contributed by atoms with Crippen molar-refractivity contribution in [3.8, 4) is 0 Å². The van der Waals surface area contributed by atoms with Gasteiger partial charge in [0.1, 0.15) is 0 Å². The first-order chi connectivity index (χ1) is 10.5. The van der Waals surface area contributed by atoms with E-state index in [0.29, 0.717) is 21.5 Å². The molecule has 1 aliphatic heterocycles. The van der Waals surface area contributed by atoms with Gasteiger partial charge in [0, 0.05) is 22.1 Å². The van der Waals surface area contributed by atoms with Crippen molar-refractivity contribution in [2.24, 2.45) is 5.92 Å². The van der Waals surface area contributed by atoms with Crippen LogP contribution in [0.2, 0.25) is 10.0 Å². The minimum atomic E-state index is -0.855. The molecule has 2 aliphatic rings. The molecule has 0 radical (unpaired) electrons. The van der Waals surface area contributed by atoms with Gasteiger partial charge in [-0.3, -0.25) is 9.59 Å². The summed E-state index contributed by atoms with van der Waals surface area (Å²) in [5.74, 6) is -0.619. The molecule has 0 aromatic heterocycles. The smallest absolute Gasteiger partial charge is 0.305 e. The Labute approximate surface area is 139 Å². The lowest BCUT2D eigenvalue weighted by Crippen LogP contribution is -2.46. The number of benzene rings is 1. The zero-order valence-electron chi connectivity index (χ0n) is 12.0. The van der Waals surface area contributed by atoms with Gasteiger partial charge in [0.05, 0.1) is 12.8 Å². The first-order valence-electron chi connectivity index (χ1n) is 7.43. The van der Waals surface area contributed by atoms with E-state index in [9.17, 15) is 9.59 Å². The summed E-state index contributed by atoms with van der Waals surface area (Å²) in [5, 5.41) is 10.0. The number of hydrogen-bond donors (Lipinski definition) is 1. The van der Waals surface area contributed by atoms with E-state index in [1.807, 2.05) is 0 Å². The summed E-state index contributed by atoms with van der Waals surface area (Å²) >= 11 is 12.3. The molecule has 3 atom stereocenters. The molecular formula is C16H17Cl2NO3. The number of hydrogen-bond acceptors (Lipinski definition) is 2. The van der Waals surface area contributed by atoms with Crippen LogP contribution in [0.25, 0.3) is 0 Å². The number of carboxylic acids is 1. The molecule has 6 heteroatoms. The fourth-order valence-corrected chi connectivity index (χ4v) is 4.40. The number of carboxylic acid groups (broad SMARTS) is 1. The number of carbonyl (C=O) groups is 2. The average Bonchev–Trinajstić information content (AvgIpc) is 3.03. The zero-order valence-corrected chi connectivity index (χ0v) is 13.5. The number of likely N-dealkylation sites (tertiary alicyclic amines) is 1. The largest absolute Gasteiger partial charge is 0.481 e. The third-order valence-electron chi connectivity index (χ3n) is 4.80. The number of fused-ring (bicyclic) bond motifs is 2. The second kappa shape index (κ2) is 6.09. The Kier molecular flexibility index (Phi) is 4.33. The molecule has 118 valence electrons. The Balaban J connectivity index is 1.80. The third-order valence-corrected chi connectivity index (χ3v) is 5.51. The standard InChI is InChI=1S/C16H17Cl2NO3/c17-12-2-1-3-13(18)11(12)7-15(20)19-10-5-4-9(6-10)14(19)8-16(21)22/h1-3,9-10,14H,4-8H2,(H,21,22)/t9-,10+,14+/m0/s1. The van der Waals surface area contributed by atoms with Gasteiger partial charge < -0.3 is 10.0 Å². The minimum absolute atomic E-state index is 0.0170. The van der Waals surface area contributed by atoms with E-state index in [1.54, 1.807) is 23.1 Å². The highest BCUT2D eigenvalue weighted by Crippen LogP contribution is 2.44. The molecule has 1 aliphatic carbocycles. The molecule has 0 spiro atoms. The van der Waals surface area contributed by atoms with Crippen LogP contribution in [0.4, 0.5) is 0 Å². The van der Waals surface area contributed by atoms with Gasteiger partial charge in [-0.05, 0) is 42.9 Å². The van der Waals surface area contributed by atoms with Crippen LogP contribution in [-0.2, 0) is 16.0 Å². The Morgan fingerprint density at radius 3 is 2.55 bits per heavy atom. The van der Waals surface area contributed by atoms with Gasteiger partial charge in [-0.25, -0.2) is 0 Å². The van der Waals surface area contributed by atoms with Crippen molar-refractivity contribution >= 4 is 35.1 Å². The highest BCUT2D eigenvalue weighted by molar-refractivity contribution is 6.36. The molecule has 4 nitrogen and oxygen atoms in total. The Morgan fingerprint density at radius 2 is 1.91 bits per heavy atom. The van der Waals surface area contributed by atoms with Gasteiger partial charge in [-0.2, -0.15) is 0 Å². The molecule has 1 N–H and O–H groups in total. The van der Waals surface area contributed by atoms with Gasteiger partial charge in [-0.1, -0.05) is 29.3 Å². The van der Waals surface area contributed by atoms with Crippen LogP contribution in [0.1, 0.15) is 31.2 Å². The first-order valence-corrected chi connectivity index (χ1v) is 8.19. The summed E-state index contributed by atoms with van der Waals surface area (Å²) in [6.07, 6.45) is 3.03. The molecule has 1 aromatic carbocycles. The lowest BCUT2D eigenvalue weighted by molar-refractivity contribution is -0.141. The molecular weight excluding hydrogens is 325 g/mol. The van der Waals surface area contributed by atoms with E-state index in [1.165, 1.54) is 0 Å². The first kappa shape index (κ1) is 15.6. The molecule has 3 rings (SSSR count). The molecule has 2 fully saturated rings. The van der Waals surface area contributed by atoms with Crippen molar-refractivity contribution in [3.63, 3.8) is 0 Å². The predicted molar refractivity (Wildman–Crippen MR) is 84.2 cm³/mol. The van der Waals surface area contributed by atoms with Crippen LogP contribution in [0.15, 0.2) is 18.2 Å². The number of aliphatic carboxylic acids is 1. The van der Waals surface area contributed by atoms with Gasteiger partial charge in [0.25, 0.3) is 0 Å². The van der Waals surface area contributed by atoms with E-state index in [4.69, 9.17) is 28.3 Å². The van der Waals surface area contributed by atoms with Crippen molar-refractivity contribution in [1.29, 1.82) is 0 Å². The van der Waals surface area contributed by atoms with Crippen molar-refractivity contribution < 1.29 is 14.7 Å². The zero-order chi connectivity index (χ0) is 15.9. The molecule has 1 aromatic rings. The average molecular weight is 342 g/mol. The van der Waals surface area contributed by atoms with Gasteiger partial charge >= 0.3 is 5.97 Å². The highest BCUT2D eigenvalue weighted by Gasteiger charge is 2.48. The minimum Gasteiger partial charge on any atom is -0.481 e. The van der Waals surface area contributed by atoms with E-state index in [-0.39, 0.29) is 30.8 Å². The van der Waals surface area contributed by atoms with Crippen LogP contribution in [0.5, 0.6) is 0 Å². The number of amides is 1. The normalized spacial score (nSPS) is 26.5. The molecule has 2 bridgehead atoms. The van der Waals surface area contributed by atoms with E-state index < -0.39 is 5.97 Å². The summed E-state index contributed by atoms with van der Waals surface area (Å²) < 4.78 is 0. The molecule has 1 saturated heterocycles. The van der Waals surface area contributed by atoms with Crippen molar-refractivity contribution in [2.45, 2.75) is 44.2 Å². The second-order valence-corrected chi connectivity index (χ2v) is 6.88. The molecule has 22 heavy (non-hydrogen) atoms. The predicted octanol–water partition coefficient (Wildman–Crippen LogP) is 3.39. The molecule has 1 saturated carbocycles. The van der Waals surface area contributed by atoms with Crippen molar-refractivity contribution in [3.05, 3.63) is 33.8 Å². The number of halogens is 2. The monoisotopic (exact) mass is 341 g/mol. The number of carbonyl (C=O) groups excluding carboxylic acids is 1. The van der Waals surface area contributed by atoms with Crippen molar-refractivity contribution in [2.75, 3.05) is 0 Å². The third kappa shape index (κ3) is 2.82. The van der Waals surface area contributed by atoms with Gasteiger partial charge in [-0.15, -0.1) is 0 Å². The summed E-state index contributed by atoms with van der Waals surface area (Å²) in [7, 11) is 0. The maximum absolute atomic E-state index is 12.7. The SMILES string of the molecule is O=C(O)C[C@@H]1[C@H]2CC[C@H](C2)N1C(=O)Cc1c(Cl)cccc1Cl. The summed E-state index contributed by atoms with van der Waals surface area (Å²) in [5.41, 5.74) is 0.618. The number of nitrogens with zero attached hydrogens (tertiary/aromatic N) is 1. The Hall–Kier alpha value is -1.26. The van der Waals surface area contributed by atoms with Gasteiger partial charge in [0.15, 0.2) is 0 Å². The molecule has 0 unspecified atom stereocenters. The van der Waals surface area contributed by atoms with Crippen molar-refractivity contribution in [1.82, 2.24) is 4.90 Å². The Morgan fingerprint density at radius 1 is 1.23 bits per heavy atom. The molecule has 1 amide bonds. The quantitative estimate of drug-likeness (QED) is 0.913. The highest BCUT2D eigenvalue weighted by atomic mass is 35.5. The Bertz CT molecular complexity index is 599. The van der Waals surface area contributed by atoms with Crippen LogP contribution >= 0.6 is 23.2 Å². The lowest BCUT2D eigenvalue weighted by atomic mass is 9.95. The summed E-state index contributed by atoms with van der Waals surface area (Å²) in [6.45, 7) is 0. The van der Waals surface area contributed by atoms with Crippen LogP contribution < -0.4 is 0 Å². The lowest BCUT2D eigenvalue weighted by Gasteiger charge is -2.35. The molecule has 1 heterocycles. The number of piperidine rings is 1. The maximum Gasteiger partial charge on any atom is 0.305 e. The van der Waals surface area contributed by atoms with Crippen LogP contribution in [0.3, 0.4) is 0 Å². The fourth-order valence-electron chi connectivity index (χ4n) is 3.87. The fraction of sp³-hybridized carbons (Fsp3) is 0.500.